The standard InChI is InChI=1S/C12H3F17O5/c1-2-3(30)32-4(31)5(13,8(17,18)19)33-12(28,29)7(16,10(23,24)25)34-11(26,27)6(14,15)9(20,21)22/h2H,1H2. The van der Waals surface area contributed by atoms with E-state index in [4.69, 9.17) is 0 Å². The monoisotopic (exact) mass is 550 g/mol. The fourth-order valence-electron chi connectivity index (χ4n) is 1.34. The molecule has 0 N–H and O–H groups in total. The molecule has 2 unspecified atom stereocenters. The van der Waals surface area contributed by atoms with Crippen molar-refractivity contribution in [1.29, 1.82) is 0 Å². The van der Waals surface area contributed by atoms with Gasteiger partial charge in [0.2, 0.25) is 0 Å². The Labute approximate surface area is 173 Å². The number of esters is 2. The Morgan fingerprint density at radius 3 is 1.29 bits per heavy atom. The molecule has 0 heterocycles. The molecule has 0 radical (unpaired) electrons. The summed E-state index contributed by atoms with van der Waals surface area (Å²) in [5.74, 6) is -29.7. The minimum atomic E-state index is -8.15. The molecule has 200 valence electrons. The minimum absolute atomic E-state index is 0.287. The average molecular weight is 550 g/mol. The summed E-state index contributed by atoms with van der Waals surface area (Å²) in [5.41, 5.74) is 0. The van der Waals surface area contributed by atoms with E-state index in [0.717, 1.165) is 0 Å². The second-order valence-electron chi connectivity index (χ2n) is 5.41. The zero-order valence-electron chi connectivity index (χ0n) is 14.8. The van der Waals surface area contributed by atoms with Crippen molar-refractivity contribution in [1.82, 2.24) is 0 Å². The molecule has 0 aromatic rings. The van der Waals surface area contributed by atoms with Crippen LogP contribution in [0.5, 0.6) is 0 Å². The zero-order chi connectivity index (χ0) is 28.0. The van der Waals surface area contributed by atoms with Gasteiger partial charge in [0.15, 0.2) is 0 Å². The summed E-state index contributed by atoms with van der Waals surface area (Å²) in [7, 11) is 0. The van der Waals surface area contributed by atoms with Gasteiger partial charge in [-0.05, 0) is 0 Å². The molecular weight excluding hydrogens is 547 g/mol. The fraction of sp³-hybridized carbons (Fsp3) is 0.667. The van der Waals surface area contributed by atoms with Crippen molar-refractivity contribution in [3.05, 3.63) is 12.7 Å². The Kier molecular flexibility index (Phi) is 8.07. The third-order valence-electron chi connectivity index (χ3n) is 2.99. The number of hydrogen-bond acceptors (Lipinski definition) is 5. The molecule has 5 nitrogen and oxygen atoms in total. The Morgan fingerprint density at radius 2 is 1.00 bits per heavy atom. The van der Waals surface area contributed by atoms with Gasteiger partial charge in [0.05, 0.1) is 0 Å². The van der Waals surface area contributed by atoms with Crippen LogP contribution in [0.1, 0.15) is 0 Å². The molecular formula is C12H3F17O5. The number of carbonyl (C=O) groups excluding carboxylic acids is 2. The third kappa shape index (κ3) is 5.46. The van der Waals surface area contributed by atoms with E-state index in [1.165, 1.54) is 4.74 Å². The predicted molar refractivity (Wildman–Crippen MR) is 64.1 cm³/mol. The average Bonchev–Trinajstić information content (AvgIpc) is 2.57. The number of hydrogen-bond donors (Lipinski definition) is 0. The van der Waals surface area contributed by atoms with Crippen LogP contribution in [0.3, 0.4) is 0 Å². The van der Waals surface area contributed by atoms with E-state index >= 15 is 0 Å². The Hall–Kier alpha value is -2.39. The molecule has 0 rings (SSSR count). The van der Waals surface area contributed by atoms with Crippen LogP contribution in [-0.4, -0.2) is 60.3 Å². The van der Waals surface area contributed by atoms with Crippen LogP contribution < -0.4 is 0 Å². The van der Waals surface area contributed by atoms with Gasteiger partial charge in [-0.15, -0.1) is 0 Å². The quantitative estimate of drug-likeness (QED) is 0.182. The Bertz CT molecular complexity index is 796. The van der Waals surface area contributed by atoms with Crippen molar-refractivity contribution in [2.24, 2.45) is 0 Å². The first kappa shape index (κ1) is 31.6. The number of alkyl halides is 17. The molecule has 0 amide bonds. The smallest absolute Gasteiger partial charge is 0.385 e. The topological polar surface area (TPSA) is 61.8 Å². The lowest BCUT2D eigenvalue weighted by atomic mass is 10.2. The molecule has 0 aliphatic heterocycles. The maximum atomic E-state index is 13.9. The molecule has 22 heteroatoms. The fourth-order valence-corrected chi connectivity index (χ4v) is 1.34. The summed E-state index contributed by atoms with van der Waals surface area (Å²) in [5, 5.41) is 0. The minimum Gasteiger partial charge on any atom is -0.385 e. The molecule has 0 aliphatic carbocycles. The van der Waals surface area contributed by atoms with Crippen LogP contribution in [-0.2, 0) is 23.8 Å². The van der Waals surface area contributed by atoms with Gasteiger partial charge in [-0.3, -0.25) is 9.47 Å². The highest BCUT2D eigenvalue weighted by Gasteiger charge is 2.85. The highest BCUT2D eigenvalue weighted by Crippen LogP contribution is 2.56. The molecule has 34 heavy (non-hydrogen) atoms. The van der Waals surface area contributed by atoms with Crippen molar-refractivity contribution in [3.63, 3.8) is 0 Å². The number of halogens is 17. The number of rotatable bonds is 8. The van der Waals surface area contributed by atoms with E-state index in [0.29, 0.717) is 0 Å². The van der Waals surface area contributed by atoms with Gasteiger partial charge in [0.1, 0.15) is 0 Å². The highest BCUT2D eigenvalue weighted by molar-refractivity contribution is 5.94. The van der Waals surface area contributed by atoms with Gasteiger partial charge in [0, 0.05) is 6.08 Å². The van der Waals surface area contributed by atoms with Gasteiger partial charge in [-0.25, -0.2) is 9.59 Å². The van der Waals surface area contributed by atoms with Crippen LogP contribution in [0.25, 0.3) is 0 Å². The van der Waals surface area contributed by atoms with Gasteiger partial charge in [-0.1, -0.05) is 6.58 Å². The van der Waals surface area contributed by atoms with Crippen molar-refractivity contribution in [3.8, 4) is 0 Å². The van der Waals surface area contributed by atoms with Crippen LogP contribution in [0.2, 0.25) is 0 Å². The summed E-state index contributed by atoms with van der Waals surface area (Å²) in [4.78, 5) is 21.6. The third-order valence-corrected chi connectivity index (χ3v) is 2.99. The lowest BCUT2D eigenvalue weighted by Crippen LogP contribution is -2.68. The van der Waals surface area contributed by atoms with E-state index in [1.54, 1.807) is 4.74 Å². The van der Waals surface area contributed by atoms with Crippen LogP contribution in [0, 0.1) is 0 Å². The Balaban J connectivity index is 6.78. The van der Waals surface area contributed by atoms with E-state index in [1.807, 2.05) is 0 Å². The van der Waals surface area contributed by atoms with E-state index < -0.39 is 60.3 Å². The first-order valence-electron chi connectivity index (χ1n) is 7.04. The molecule has 0 saturated heterocycles. The second-order valence-corrected chi connectivity index (χ2v) is 5.41. The summed E-state index contributed by atoms with van der Waals surface area (Å²) in [6.07, 6.45) is -39.3. The van der Waals surface area contributed by atoms with E-state index in [2.05, 4.69) is 11.3 Å². The SMILES string of the molecule is C=CC(=O)OC(=O)C(F)(OC(F)(F)C(F)(OC(F)(F)C(F)(F)C(F)(F)F)C(F)(F)F)C(F)(F)F. The van der Waals surface area contributed by atoms with Gasteiger partial charge in [0.25, 0.3) is 0 Å². The maximum Gasteiger partial charge on any atom is 0.462 e. The number of carbonyl (C=O) groups is 2. The largest absolute Gasteiger partial charge is 0.462 e. The number of ether oxygens (including phenoxy) is 3. The molecule has 0 bridgehead atoms. The van der Waals surface area contributed by atoms with Crippen LogP contribution in [0.4, 0.5) is 74.6 Å². The lowest BCUT2D eigenvalue weighted by Gasteiger charge is -2.39. The zero-order valence-corrected chi connectivity index (χ0v) is 14.8. The normalized spacial score (nSPS) is 18.0. The molecule has 0 saturated carbocycles. The van der Waals surface area contributed by atoms with Gasteiger partial charge >= 0.3 is 60.3 Å². The highest BCUT2D eigenvalue weighted by atomic mass is 19.4. The first-order valence-corrected chi connectivity index (χ1v) is 7.04. The predicted octanol–water partition coefficient (Wildman–Crippen LogP) is 5.11. The van der Waals surface area contributed by atoms with Crippen LogP contribution >= 0.6 is 0 Å². The molecule has 0 aliphatic rings. The van der Waals surface area contributed by atoms with Crippen LogP contribution in [0.15, 0.2) is 12.7 Å². The Morgan fingerprint density at radius 1 is 0.588 bits per heavy atom. The van der Waals surface area contributed by atoms with Crippen molar-refractivity contribution >= 4 is 11.9 Å². The second kappa shape index (κ2) is 8.68. The molecule has 0 aromatic heterocycles. The molecule has 2 atom stereocenters. The van der Waals surface area contributed by atoms with Gasteiger partial charge < -0.3 is 4.74 Å². The maximum absolute atomic E-state index is 13.9. The summed E-state index contributed by atoms with van der Waals surface area (Å²) < 4.78 is 224. The molecule has 0 fully saturated rings. The van der Waals surface area contributed by atoms with Gasteiger partial charge in [-0.2, -0.15) is 74.6 Å². The summed E-state index contributed by atoms with van der Waals surface area (Å²) in [6, 6.07) is 0. The van der Waals surface area contributed by atoms with Crippen molar-refractivity contribution < 1.29 is 98.4 Å². The summed E-state index contributed by atoms with van der Waals surface area (Å²) >= 11 is 0. The molecule has 0 spiro atoms. The summed E-state index contributed by atoms with van der Waals surface area (Å²) in [6.45, 7) is 2.39. The van der Waals surface area contributed by atoms with E-state index in [-0.39, 0.29) is 6.08 Å². The van der Waals surface area contributed by atoms with Crippen molar-refractivity contribution in [2.75, 3.05) is 0 Å². The lowest BCUT2D eigenvalue weighted by molar-refractivity contribution is -0.548. The van der Waals surface area contributed by atoms with E-state index in [9.17, 15) is 84.2 Å². The first-order chi connectivity index (χ1) is 14.5. The molecule has 0 aromatic carbocycles. The van der Waals surface area contributed by atoms with Crippen molar-refractivity contribution in [2.45, 2.75) is 48.4 Å².